The molecule has 0 spiro atoms. The average molecular weight is 341 g/mol. The van der Waals surface area contributed by atoms with Crippen molar-refractivity contribution in [2.75, 3.05) is 33.8 Å². The number of benzene rings is 1. The molecule has 23 heavy (non-hydrogen) atoms. The topological polar surface area (TPSA) is 58.6 Å². The molecular weight excluding hydrogens is 316 g/mol. The zero-order chi connectivity index (χ0) is 15.9. The van der Waals surface area contributed by atoms with Crippen LogP contribution in [0.3, 0.4) is 0 Å². The standard InChI is InChI=1S/C17H24N2O3.ClH/c1-18-10-7-16(20)19-11-8-14(9-12-19)17(21)13-3-5-15(22-2)6-4-13;/h3-6,14,18H,7-12H2,1-2H3;1H. The van der Waals surface area contributed by atoms with Gasteiger partial charge in [-0.2, -0.15) is 0 Å². The number of hydrogen-bond acceptors (Lipinski definition) is 4. The normalized spacial score (nSPS) is 15.0. The second kappa shape index (κ2) is 9.53. The van der Waals surface area contributed by atoms with Crippen LogP contribution in [0.4, 0.5) is 0 Å². The summed E-state index contributed by atoms with van der Waals surface area (Å²) in [4.78, 5) is 26.3. The fourth-order valence-corrected chi connectivity index (χ4v) is 2.77. The molecule has 1 fully saturated rings. The first-order chi connectivity index (χ1) is 10.7. The maximum atomic E-state index is 12.5. The summed E-state index contributed by atoms with van der Waals surface area (Å²) in [5.41, 5.74) is 0.723. The number of Topliss-reactive ketones (excluding diaryl/α,β-unsaturated/α-hetero) is 1. The van der Waals surface area contributed by atoms with E-state index in [0.29, 0.717) is 26.1 Å². The van der Waals surface area contributed by atoms with E-state index in [1.54, 1.807) is 7.11 Å². The van der Waals surface area contributed by atoms with E-state index in [1.165, 1.54) is 0 Å². The van der Waals surface area contributed by atoms with Gasteiger partial charge >= 0.3 is 0 Å². The van der Waals surface area contributed by atoms with Crippen LogP contribution in [-0.4, -0.2) is 50.4 Å². The molecule has 128 valence electrons. The average Bonchev–Trinajstić information content (AvgIpc) is 2.59. The van der Waals surface area contributed by atoms with Gasteiger partial charge < -0.3 is 15.0 Å². The molecule has 0 radical (unpaired) electrons. The van der Waals surface area contributed by atoms with Crippen LogP contribution in [0.2, 0.25) is 0 Å². The molecule has 5 nitrogen and oxygen atoms in total. The van der Waals surface area contributed by atoms with Crippen molar-refractivity contribution >= 4 is 24.1 Å². The molecule has 2 rings (SSSR count). The van der Waals surface area contributed by atoms with Gasteiger partial charge in [0.05, 0.1) is 7.11 Å². The molecule has 1 amide bonds. The third-order valence-corrected chi connectivity index (χ3v) is 4.18. The van der Waals surface area contributed by atoms with Gasteiger partial charge in [0.1, 0.15) is 5.75 Å². The molecule has 0 aliphatic carbocycles. The Morgan fingerprint density at radius 2 is 1.83 bits per heavy atom. The van der Waals surface area contributed by atoms with Gasteiger partial charge in [-0.25, -0.2) is 0 Å². The van der Waals surface area contributed by atoms with Crippen LogP contribution in [0.5, 0.6) is 5.75 Å². The minimum atomic E-state index is 0. The molecule has 6 heteroatoms. The zero-order valence-electron chi connectivity index (χ0n) is 13.7. The van der Waals surface area contributed by atoms with Gasteiger partial charge in [0.15, 0.2) is 5.78 Å². The SMILES string of the molecule is CNCCC(=O)N1CCC(C(=O)c2ccc(OC)cc2)CC1.Cl. The third-order valence-electron chi connectivity index (χ3n) is 4.18. The van der Waals surface area contributed by atoms with Crippen LogP contribution in [0.25, 0.3) is 0 Å². The highest BCUT2D eigenvalue weighted by molar-refractivity contribution is 5.98. The number of amides is 1. The Balaban J connectivity index is 0.00000264. The second-order valence-corrected chi connectivity index (χ2v) is 5.60. The number of likely N-dealkylation sites (tertiary alicyclic amines) is 1. The van der Waals surface area contributed by atoms with Crippen LogP contribution in [0, 0.1) is 5.92 Å². The van der Waals surface area contributed by atoms with E-state index < -0.39 is 0 Å². The number of ketones is 1. The minimum absolute atomic E-state index is 0. The summed E-state index contributed by atoms with van der Waals surface area (Å²) >= 11 is 0. The zero-order valence-corrected chi connectivity index (χ0v) is 14.5. The summed E-state index contributed by atoms with van der Waals surface area (Å²) < 4.78 is 5.11. The van der Waals surface area contributed by atoms with Crippen molar-refractivity contribution in [1.82, 2.24) is 10.2 Å². The van der Waals surface area contributed by atoms with E-state index in [2.05, 4.69) is 5.32 Å². The first-order valence-corrected chi connectivity index (χ1v) is 7.76. The van der Waals surface area contributed by atoms with E-state index in [4.69, 9.17) is 4.74 Å². The third kappa shape index (κ3) is 5.22. The molecule has 0 unspecified atom stereocenters. The quantitative estimate of drug-likeness (QED) is 0.806. The number of piperidine rings is 1. The van der Waals surface area contributed by atoms with Crippen LogP contribution >= 0.6 is 12.4 Å². The van der Waals surface area contributed by atoms with E-state index in [1.807, 2.05) is 36.2 Å². The number of halogens is 1. The lowest BCUT2D eigenvalue weighted by Gasteiger charge is -2.31. The molecule has 0 saturated carbocycles. The lowest BCUT2D eigenvalue weighted by molar-refractivity contribution is -0.132. The van der Waals surface area contributed by atoms with E-state index in [0.717, 1.165) is 24.2 Å². The van der Waals surface area contributed by atoms with Gasteiger partial charge in [-0.3, -0.25) is 9.59 Å². The van der Waals surface area contributed by atoms with E-state index in [9.17, 15) is 9.59 Å². The summed E-state index contributed by atoms with van der Waals surface area (Å²) in [5, 5.41) is 2.98. The smallest absolute Gasteiger partial charge is 0.223 e. The Hall–Kier alpha value is -1.59. The fourth-order valence-electron chi connectivity index (χ4n) is 2.77. The number of nitrogens with one attached hydrogen (secondary N) is 1. The summed E-state index contributed by atoms with van der Waals surface area (Å²) in [6.07, 6.45) is 2.01. The number of ether oxygens (including phenoxy) is 1. The van der Waals surface area contributed by atoms with Crippen LogP contribution in [-0.2, 0) is 4.79 Å². The first kappa shape index (κ1) is 19.5. The number of rotatable bonds is 6. The van der Waals surface area contributed by atoms with Crippen molar-refractivity contribution < 1.29 is 14.3 Å². The Morgan fingerprint density at radius 3 is 2.35 bits per heavy atom. The molecule has 0 atom stereocenters. The number of carbonyl (C=O) groups excluding carboxylic acids is 2. The molecule has 1 N–H and O–H groups in total. The second-order valence-electron chi connectivity index (χ2n) is 5.60. The molecule has 1 aromatic rings. The maximum absolute atomic E-state index is 12.5. The number of hydrogen-bond donors (Lipinski definition) is 1. The van der Waals surface area contributed by atoms with Gasteiger partial charge in [-0.1, -0.05) is 0 Å². The Labute approximate surface area is 143 Å². The van der Waals surface area contributed by atoms with Crippen LogP contribution in [0.1, 0.15) is 29.6 Å². The largest absolute Gasteiger partial charge is 0.497 e. The molecule has 1 aliphatic heterocycles. The molecule has 1 aromatic carbocycles. The first-order valence-electron chi connectivity index (χ1n) is 7.76. The van der Waals surface area contributed by atoms with Crippen molar-refractivity contribution in [2.24, 2.45) is 5.92 Å². The van der Waals surface area contributed by atoms with Crippen molar-refractivity contribution in [3.05, 3.63) is 29.8 Å². The highest BCUT2D eigenvalue weighted by atomic mass is 35.5. The monoisotopic (exact) mass is 340 g/mol. The minimum Gasteiger partial charge on any atom is -0.497 e. The molecule has 0 bridgehead atoms. The Kier molecular flexibility index (Phi) is 8.06. The Morgan fingerprint density at radius 1 is 1.22 bits per heavy atom. The van der Waals surface area contributed by atoms with Gasteiger partial charge in [-0.05, 0) is 44.2 Å². The number of nitrogens with zero attached hydrogens (tertiary/aromatic N) is 1. The number of methoxy groups -OCH3 is 1. The van der Waals surface area contributed by atoms with Crippen LogP contribution < -0.4 is 10.1 Å². The van der Waals surface area contributed by atoms with Gasteiger partial charge in [0.25, 0.3) is 0 Å². The van der Waals surface area contributed by atoms with E-state index >= 15 is 0 Å². The van der Waals surface area contributed by atoms with Crippen molar-refractivity contribution in [3.63, 3.8) is 0 Å². The summed E-state index contributed by atoms with van der Waals surface area (Å²) in [6, 6.07) is 7.24. The van der Waals surface area contributed by atoms with Crippen molar-refractivity contribution in [1.29, 1.82) is 0 Å². The lowest BCUT2D eigenvalue weighted by Crippen LogP contribution is -2.41. The van der Waals surface area contributed by atoms with Gasteiger partial charge in [-0.15, -0.1) is 12.4 Å². The highest BCUT2D eigenvalue weighted by Gasteiger charge is 2.27. The molecule has 0 aromatic heterocycles. The van der Waals surface area contributed by atoms with E-state index in [-0.39, 0.29) is 30.0 Å². The predicted molar refractivity (Wildman–Crippen MR) is 92.4 cm³/mol. The van der Waals surface area contributed by atoms with Gasteiger partial charge in [0, 0.05) is 37.5 Å². The summed E-state index contributed by atoms with van der Waals surface area (Å²) in [7, 11) is 3.45. The maximum Gasteiger partial charge on any atom is 0.223 e. The van der Waals surface area contributed by atoms with Crippen molar-refractivity contribution in [3.8, 4) is 5.75 Å². The number of carbonyl (C=O) groups is 2. The van der Waals surface area contributed by atoms with Gasteiger partial charge in [0.2, 0.25) is 5.91 Å². The van der Waals surface area contributed by atoms with Crippen LogP contribution in [0.15, 0.2) is 24.3 Å². The molecule has 1 aliphatic rings. The lowest BCUT2D eigenvalue weighted by atomic mass is 9.89. The highest BCUT2D eigenvalue weighted by Crippen LogP contribution is 2.23. The molecule has 1 saturated heterocycles. The van der Waals surface area contributed by atoms with Crippen molar-refractivity contribution in [2.45, 2.75) is 19.3 Å². The Bertz CT molecular complexity index is 511. The molecular formula is C17H25ClN2O3. The summed E-state index contributed by atoms with van der Waals surface area (Å²) in [6.45, 7) is 2.05. The predicted octanol–water partition coefficient (Wildman–Crippen LogP) is 2.15. The molecule has 1 heterocycles. The fraction of sp³-hybridized carbons (Fsp3) is 0.529. The summed E-state index contributed by atoms with van der Waals surface area (Å²) in [5.74, 6) is 1.11.